The lowest BCUT2D eigenvalue weighted by Gasteiger charge is -2.13. The maximum Gasteiger partial charge on any atom is 0.408 e. The average Bonchev–Trinajstić information content (AvgIpc) is 2.28. The van der Waals surface area contributed by atoms with Crippen LogP contribution in [0.2, 0.25) is 0 Å². The molecule has 5 nitrogen and oxygen atoms in total. The molecular formula is C8H13NO4. The number of cyclic esters (lactones) is 1. The van der Waals surface area contributed by atoms with Crippen molar-refractivity contribution >= 4 is 12.1 Å². The minimum absolute atomic E-state index is 0.183. The topological polar surface area (TPSA) is 64.6 Å². The van der Waals surface area contributed by atoms with E-state index in [1.165, 1.54) is 0 Å². The third-order valence-electron chi connectivity index (χ3n) is 1.64. The SMILES string of the molecule is CC(C)OC(=O)C1NC(=O)OC1C. The molecular weight excluding hydrogens is 174 g/mol. The van der Waals surface area contributed by atoms with Crippen molar-refractivity contribution in [3.8, 4) is 0 Å². The first-order valence-corrected chi connectivity index (χ1v) is 4.18. The molecule has 1 aliphatic rings. The van der Waals surface area contributed by atoms with Gasteiger partial charge >= 0.3 is 12.1 Å². The van der Waals surface area contributed by atoms with Gasteiger partial charge in [0, 0.05) is 0 Å². The number of rotatable bonds is 2. The second kappa shape index (κ2) is 3.64. The molecule has 2 unspecified atom stereocenters. The predicted octanol–water partition coefficient (Wildman–Crippen LogP) is 0.435. The van der Waals surface area contributed by atoms with Crippen molar-refractivity contribution in [3.63, 3.8) is 0 Å². The smallest absolute Gasteiger partial charge is 0.408 e. The van der Waals surface area contributed by atoms with E-state index in [1.54, 1.807) is 20.8 Å². The Morgan fingerprint density at radius 1 is 1.62 bits per heavy atom. The van der Waals surface area contributed by atoms with Crippen molar-refractivity contribution in [1.29, 1.82) is 0 Å². The molecule has 74 valence electrons. The van der Waals surface area contributed by atoms with Gasteiger partial charge in [-0.1, -0.05) is 0 Å². The quantitative estimate of drug-likeness (QED) is 0.637. The summed E-state index contributed by atoms with van der Waals surface area (Å²) >= 11 is 0. The molecule has 1 amide bonds. The van der Waals surface area contributed by atoms with Crippen LogP contribution in [-0.4, -0.2) is 30.3 Å². The minimum atomic E-state index is -0.671. The maximum atomic E-state index is 11.3. The molecule has 0 bridgehead atoms. The van der Waals surface area contributed by atoms with Crippen molar-refractivity contribution in [2.24, 2.45) is 0 Å². The van der Waals surface area contributed by atoms with E-state index in [1.807, 2.05) is 0 Å². The molecule has 0 radical (unpaired) electrons. The molecule has 1 saturated heterocycles. The number of hydrogen-bond donors (Lipinski definition) is 1. The molecule has 1 fully saturated rings. The molecule has 1 heterocycles. The lowest BCUT2D eigenvalue weighted by Crippen LogP contribution is -2.40. The molecule has 5 heteroatoms. The highest BCUT2D eigenvalue weighted by Gasteiger charge is 2.37. The van der Waals surface area contributed by atoms with E-state index in [9.17, 15) is 9.59 Å². The third-order valence-corrected chi connectivity index (χ3v) is 1.64. The van der Waals surface area contributed by atoms with Crippen LogP contribution >= 0.6 is 0 Å². The van der Waals surface area contributed by atoms with Gasteiger partial charge in [-0.05, 0) is 20.8 Å². The van der Waals surface area contributed by atoms with Gasteiger partial charge in [-0.15, -0.1) is 0 Å². The zero-order valence-corrected chi connectivity index (χ0v) is 7.87. The first kappa shape index (κ1) is 9.83. The van der Waals surface area contributed by atoms with Crippen LogP contribution in [0.25, 0.3) is 0 Å². The van der Waals surface area contributed by atoms with Crippen molar-refractivity contribution in [2.45, 2.75) is 39.0 Å². The van der Waals surface area contributed by atoms with Crippen molar-refractivity contribution in [3.05, 3.63) is 0 Å². The molecule has 2 atom stereocenters. The Hall–Kier alpha value is -1.26. The second-order valence-electron chi connectivity index (χ2n) is 3.22. The molecule has 13 heavy (non-hydrogen) atoms. The summed E-state index contributed by atoms with van der Waals surface area (Å²) in [6, 6.07) is -0.671. The Morgan fingerprint density at radius 2 is 2.23 bits per heavy atom. The molecule has 0 aromatic heterocycles. The van der Waals surface area contributed by atoms with Crippen molar-refractivity contribution in [1.82, 2.24) is 5.32 Å². The summed E-state index contributed by atoms with van der Waals surface area (Å²) in [5.74, 6) is -0.451. The summed E-state index contributed by atoms with van der Waals surface area (Å²) in [7, 11) is 0. The Morgan fingerprint density at radius 3 is 2.62 bits per heavy atom. The van der Waals surface area contributed by atoms with Gasteiger partial charge in [-0.2, -0.15) is 0 Å². The molecule has 0 spiro atoms. The van der Waals surface area contributed by atoms with E-state index >= 15 is 0 Å². The van der Waals surface area contributed by atoms with Crippen LogP contribution in [0.3, 0.4) is 0 Å². The predicted molar refractivity (Wildman–Crippen MR) is 44.1 cm³/mol. The molecule has 0 aromatic rings. The monoisotopic (exact) mass is 187 g/mol. The highest BCUT2D eigenvalue weighted by atomic mass is 16.6. The molecule has 0 aliphatic carbocycles. The maximum absolute atomic E-state index is 11.3. The third kappa shape index (κ3) is 2.34. The van der Waals surface area contributed by atoms with Crippen molar-refractivity contribution in [2.75, 3.05) is 0 Å². The molecule has 1 aliphatic heterocycles. The fourth-order valence-electron chi connectivity index (χ4n) is 1.07. The first-order valence-electron chi connectivity index (χ1n) is 4.18. The number of ether oxygens (including phenoxy) is 2. The van der Waals surface area contributed by atoms with Gasteiger partial charge in [-0.3, -0.25) is 0 Å². The van der Waals surface area contributed by atoms with Gasteiger partial charge in [0.15, 0.2) is 6.04 Å². The summed E-state index contributed by atoms with van der Waals surface area (Å²) < 4.78 is 9.64. The molecule has 0 aromatic carbocycles. The average molecular weight is 187 g/mol. The van der Waals surface area contributed by atoms with Crippen LogP contribution < -0.4 is 5.32 Å². The van der Waals surface area contributed by atoms with Crippen LogP contribution in [0.4, 0.5) is 4.79 Å². The number of alkyl carbamates (subject to hydrolysis) is 1. The summed E-state index contributed by atoms with van der Waals surface area (Å²) in [5, 5.41) is 2.37. The summed E-state index contributed by atoms with van der Waals surface area (Å²) in [5.41, 5.74) is 0. The normalized spacial score (nSPS) is 26.9. The van der Waals surface area contributed by atoms with Gasteiger partial charge < -0.3 is 14.8 Å². The largest absolute Gasteiger partial charge is 0.461 e. The lowest BCUT2D eigenvalue weighted by molar-refractivity contribution is -0.150. The number of amides is 1. The van der Waals surface area contributed by atoms with Crippen LogP contribution in [0.15, 0.2) is 0 Å². The van der Waals surface area contributed by atoms with Gasteiger partial charge in [-0.25, -0.2) is 9.59 Å². The van der Waals surface area contributed by atoms with Crippen molar-refractivity contribution < 1.29 is 19.1 Å². The van der Waals surface area contributed by atoms with Gasteiger partial charge in [0.25, 0.3) is 0 Å². The Kier molecular flexibility index (Phi) is 2.75. The second-order valence-corrected chi connectivity index (χ2v) is 3.22. The lowest BCUT2D eigenvalue weighted by atomic mass is 10.2. The van der Waals surface area contributed by atoms with Crippen LogP contribution in [0.1, 0.15) is 20.8 Å². The van der Waals surface area contributed by atoms with Crippen LogP contribution in [-0.2, 0) is 14.3 Å². The van der Waals surface area contributed by atoms with Gasteiger partial charge in [0.1, 0.15) is 6.10 Å². The Labute approximate surface area is 76.4 Å². The van der Waals surface area contributed by atoms with Crippen LogP contribution in [0, 0.1) is 0 Å². The van der Waals surface area contributed by atoms with E-state index in [-0.39, 0.29) is 6.10 Å². The zero-order chi connectivity index (χ0) is 10.0. The van der Waals surface area contributed by atoms with E-state index in [4.69, 9.17) is 9.47 Å². The minimum Gasteiger partial charge on any atom is -0.461 e. The van der Waals surface area contributed by atoms with Crippen LogP contribution in [0.5, 0.6) is 0 Å². The standard InChI is InChI=1S/C8H13NO4/c1-4(2)12-7(10)6-5(3)13-8(11)9-6/h4-6H,1-3H3,(H,9,11). The van der Waals surface area contributed by atoms with E-state index in [0.29, 0.717) is 0 Å². The fourth-order valence-corrected chi connectivity index (χ4v) is 1.07. The van der Waals surface area contributed by atoms with E-state index in [2.05, 4.69) is 5.32 Å². The number of carbonyl (C=O) groups excluding carboxylic acids is 2. The number of hydrogen-bond acceptors (Lipinski definition) is 4. The molecule has 1 N–H and O–H groups in total. The molecule has 1 rings (SSSR count). The molecule has 0 saturated carbocycles. The fraction of sp³-hybridized carbons (Fsp3) is 0.750. The van der Waals surface area contributed by atoms with Gasteiger partial charge in [0.2, 0.25) is 0 Å². The van der Waals surface area contributed by atoms with E-state index < -0.39 is 24.2 Å². The zero-order valence-electron chi connectivity index (χ0n) is 7.87. The summed E-state index contributed by atoms with van der Waals surface area (Å²) in [6.45, 7) is 5.14. The summed E-state index contributed by atoms with van der Waals surface area (Å²) in [6.07, 6.45) is -1.21. The number of esters is 1. The summed E-state index contributed by atoms with van der Waals surface area (Å²) in [4.78, 5) is 22.0. The highest BCUT2D eigenvalue weighted by molar-refractivity contribution is 5.84. The Balaban J connectivity index is 2.52. The number of nitrogens with one attached hydrogen (secondary N) is 1. The van der Waals surface area contributed by atoms with E-state index in [0.717, 1.165) is 0 Å². The highest BCUT2D eigenvalue weighted by Crippen LogP contribution is 2.10. The van der Waals surface area contributed by atoms with Gasteiger partial charge in [0.05, 0.1) is 6.10 Å². The first-order chi connectivity index (χ1) is 6.00. The Bertz CT molecular complexity index is 226. The number of carbonyl (C=O) groups is 2.